The lowest BCUT2D eigenvalue weighted by Gasteiger charge is -2.21. The third-order valence-electron chi connectivity index (χ3n) is 5.47. The van der Waals surface area contributed by atoms with Crippen molar-refractivity contribution in [2.24, 2.45) is 0 Å². The second kappa shape index (κ2) is 9.51. The topological polar surface area (TPSA) is 78.5 Å². The number of nitrogens with one attached hydrogen (secondary N) is 2. The second-order valence-corrected chi connectivity index (χ2v) is 9.84. The molecule has 0 aromatic heterocycles. The summed E-state index contributed by atoms with van der Waals surface area (Å²) in [7, 11) is -3.74. The minimum atomic E-state index is -3.74. The van der Waals surface area contributed by atoms with Gasteiger partial charge in [-0.1, -0.05) is 44.9 Å². The first-order valence-electron chi connectivity index (χ1n) is 10.6. The average molecular weight is 430 g/mol. The first-order valence-corrected chi connectivity index (χ1v) is 12.0. The molecule has 6 nitrogen and oxygen atoms in total. The lowest BCUT2D eigenvalue weighted by molar-refractivity contribution is 0.214. The highest BCUT2D eigenvalue weighted by molar-refractivity contribution is 7.92. The zero-order chi connectivity index (χ0) is 21.7. The maximum absolute atomic E-state index is 12.9. The van der Waals surface area contributed by atoms with Crippen LogP contribution in [0, 0.1) is 6.92 Å². The number of nitrogens with zero attached hydrogens (tertiary/aromatic N) is 1. The van der Waals surface area contributed by atoms with Crippen molar-refractivity contribution in [3.63, 3.8) is 0 Å². The normalized spacial score (nSPS) is 15.0. The second-order valence-electron chi connectivity index (χ2n) is 8.16. The Bertz CT molecular complexity index is 977. The third kappa shape index (κ3) is 5.33. The first-order chi connectivity index (χ1) is 14.3. The van der Waals surface area contributed by atoms with E-state index in [1.54, 1.807) is 12.1 Å². The van der Waals surface area contributed by atoms with Crippen LogP contribution in [0.25, 0.3) is 0 Å². The lowest BCUT2D eigenvalue weighted by Crippen LogP contribution is -2.35. The zero-order valence-electron chi connectivity index (χ0n) is 17.9. The molecular formula is C23H31N3O3S. The van der Waals surface area contributed by atoms with Crippen LogP contribution in [0.1, 0.15) is 56.6 Å². The molecule has 1 fully saturated rings. The molecule has 0 atom stereocenters. The van der Waals surface area contributed by atoms with Gasteiger partial charge in [-0.15, -0.1) is 0 Å². The minimum absolute atomic E-state index is 0.132. The third-order valence-corrected chi connectivity index (χ3v) is 6.84. The van der Waals surface area contributed by atoms with Gasteiger partial charge in [0.25, 0.3) is 10.0 Å². The summed E-state index contributed by atoms with van der Waals surface area (Å²) in [4.78, 5) is 14.5. The van der Waals surface area contributed by atoms with Gasteiger partial charge in [0.05, 0.1) is 10.6 Å². The molecule has 1 aliphatic heterocycles. The van der Waals surface area contributed by atoms with Crippen LogP contribution in [-0.4, -0.2) is 32.4 Å². The molecule has 0 spiro atoms. The quantitative estimate of drug-likeness (QED) is 0.674. The highest BCUT2D eigenvalue weighted by atomic mass is 32.2. The first kappa shape index (κ1) is 22.2. The molecule has 0 radical (unpaired) electrons. The zero-order valence-corrected chi connectivity index (χ0v) is 18.8. The predicted molar refractivity (Wildman–Crippen MR) is 122 cm³/mol. The Morgan fingerprint density at radius 2 is 1.60 bits per heavy atom. The number of amides is 2. The number of rotatable bonds is 5. The summed E-state index contributed by atoms with van der Waals surface area (Å²) in [6.45, 7) is 7.49. The van der Waals surface area contributed by atoms with E-state index in [-0.39, 0.29) is 16.8 Å². The number of hydrogen-bond donors (Lipinski definition) is 2. The van der Waals surface area contributed by atoms with Gasteiger partial charge in [-0.3, -0.25) is 4.72 Å². The van der Waals surface area contributed by atoms with E-state index in [0.29, 0.717) is 11.4 Å². The molecule has 0 saturated carbocycles. The molecule has 30 heavy (non-hydrogen) atoms. The standard InChI is InChI=1S/C23H31N3O3S/c1-17(2)21-10-8-9-18(3)22(21)25-30(28,29)20-13-11-19(12-14-20)24-23(27)26-15-6-4-5-7-16-26/h8-14,17,25H,4-7,15-16H2,1-3H3,(H,24,27). The van der Waals surface area contributed by atoms with E-state index in [0.717, 1.165) is 49.9 Å². The molecule has 0 unspecified atom stereocenters. The summed E-state index contributed by atoms with van der Waals surface area (Å²) < 4.78 is 28.6. The number of anilines is 2. The molecule has 3 rings (SSSR count). The summed E-state index contributed by atoms with van der Waals surface area (Å²) >= 11 is 0. The summed E-state index contributed by atoms with van der Waals surface area (Å²) in [6.07, 6.45) is 4.35. The van der Waals surface area contributed by atoms with Gasteiger partial charge in [-0.2, -0.15) is 0 Å². The Morgan fingerprint density at radius 1 is 0.967 bits per heavy atom. The predicted octanol–water partition coefficient (Wildman–Crippen LogP) is 5.33. The van der Waals surface area contributed by atoms with E-state index in [1.165, 1.54) is 12.1 Å². The SMILES string of the molecule is Cc1cccc(C(C)C)c1NS(=O)(=O)c1ccc(NC(=O)N2CCCCCC2)cc1. The van der Waals surface area contributed by atoms with Crippen LogP contribution >= 0.6 is 0 Å². The van der Waals surface area contributed by atoms with Gasteiger partial charge in [0.15, 0.2) is 0 Å². The number of para-hydroxylation sites is 1. The molecule has 1 aliphatic rings. The number of aryl methyl sites for hydroxylation is 1. The fraction of sp³-hybridized carbons (Fsp3) is 0.435. The van der Waals surface area contributed by atoms with Crippen LogP contribution < -0.4 is 10.0 Å². The molecule has 2 aromatic rings. The van der Waals surface area contributed by atoms with E-state index >= 15 is 0 Å². The highest BCUT2D eigenvalue weighted by Crippen LogP contribution is 2.29. The van der Waals surface area contributed by atoms with E-state index in [9.17, 15) is 13.2 Å². The van der Waals surface area contributed by atoms with Gasteiger partial charge >= 0.3 is 6.03 Å². The van der Waals surface area contributed by atoms with Crippen LogP contribution in [0.2, 0.25) is 0 Å². The van der Waals surface area contributed by atoms with E-state index in [4.69, 9.17) is 0 Å². The van der Waals surface area contributed by atoms with Crippen LogP contribution in [0.3, 0.4) is 0 Å². The van der Waals surface area contributed by atoms with Crippen molar-refractivity contribution in [1.29, 1.82) is 0 Å². The number of carbonyl (C=O) groups excluding carboxylic acids is 1. The van der Waals surface area contributed by atoms with E-state index < -0.39 is 10.0 Å². The van der Waals surface area contributed by atoms with Gasteiger partial charge in [0.2, 0.25) is 0 Å². The molecule has 2 amide bonds. The molecule has 0 bridgehead atoms. The van der Waals surface area contributed by atoms with Gasteiger partial charge in [0.1, 0.15) is 0 Å². The number of urea groups is 1. The van der Waals surface area contributed by atoms with Crippen LogP contribution in [-0.2, 0) is 10.0 Å². The van der Waals surface area contributed by atoms with Crippen molar-refractivity contribution in [3.8, 4) is 0 Å². The Balaban J connectivity index is 1.73. The fourth-order valence-electron chi connectivity index (χ4n) is 3.70. The summed E-state index contributed by atoms with van der Waals surface area (Å²) in [5, 5.41) is 2.87. The van der Waals surface area contributed by atoms with Crippen molar-refractivity contribution in [2.75, 3.05) is 23.1 Å². The molecule has 0 aliphatic carbocycles. The Morgan fingerprint density at radius 3 is 2.20 bits per heavy atom. The van der Waals surface area contributed by atoms with Crippen LogP contribution in [0.5, 0.6) is 0 Å². The molecular weight excluding hydrogens is 398 g/mol. The van der Waals surface area contributed by atoms with Gasteiger partial charge in [-0.05, 0) is 61.1 Å². The number of hydrogen-bond acceptors (Lipinski definition) is 3. The molecule has 2 aromatic carbocycles. The maximum atomic E-state index is 12.9. The molecule has 1 heterocycles. The van der Waals surface area contributed by atoms with Crippen molar-refractivity contribution >= 4 is 27.4 Å². The van der Waals surface area contributed by atoms with E-state index in [1.807, 2.05) is 43.9 Å². The minimum Gasteiger partial charge on any atom is -0.325 e. The largest absolute Gasteiger partial charge is 0.325 e. The lowest BCUT2D eigenvalue weighted by atomic mass is 9.99. The Labute approximate surface area is 179 Å². The molecule has 162 valence electrons. The summed E-state index contributed by atoms with van der Waals surface area (Å²) in [5.74, 6) is 0.194. The number of carbonyl (C=O) groups is 1. The van der Waals surface area contributed by atoms with Gasteiger partial charge in [0, 0.05) is 18.8 Å². The van der Waals surface area contributed by atoms with Gasteiger partial charge < -0.3 is 10.2 Å². The smallest absolute Gasteiger partial charge is 0.321 e. The Hall–Kier alpha value is -2.54. The van der Waals surface area contributed by atoms with Crippen molar-refractivity contribution in [3.05, 3.63) is 53.6 Å². The number of benzene rings is 2. The average Bonchev–Trinajstić information content (AvgIpc) is 2.99. The fourth-order valence-corrected chi connectivity index (χ4v) is 4.86. The molecule has 1 saturated heterocycles. The van der Waals surface area contributed by atoms with Crippen molar-refractivity contribution < 1.29 is 13.2 Å². The monoisotopic (exact) mass is 429 g/mol. The van der Waals surface area contributed by atoms with E-state index in [2.05, 4.69) is 10.0 Å². The maximum Gasteiger partial charge on any atom is 0.321 e. The molecule has 7 heteroatoms. The van der Waals surface area contributed by atoms with Gasteiger partial charge in [-0.25, -0.2) is 13.2 Å². The molecule has 2 N–H and O–H groups in total. The Kier molecular flexibility index (Phi) is 7.02. The van der Waals surface area contributed by atoms with Crippen LogP contribution in [0.4, 0.5) is 16.2 Å². The number of sulfonamides is 1. The van der Waals surface area contributed by atoms with Crippen LogP contribution in [0.15, 0.2) is 47.4 Å². The van der Waals surface area contributed by atoms with Crippen molar-refractivity contribution in [1.82, 2.24) is 4.90 Å². The summed E-state index contributed by atoms with van der Waals surface area (Å²) in [5.41, 5.74) is 3.05. The number of likely N-dealkylation sites (tertiary alicyclic amines) is 1. The summed E-state index contributed by atoms with van der Waals surface area (Å²) in [6, 6.07) is 11.9. The van der Waals surface area contributed by atoms with Crippen molar-refractivity contribution in [2.45, 2.75) is 57.3 Å². The highest BCUT2D eigenvalue weighted by Gasteiger charge is 2.19.